The fraction of sp³-hybridized carbons (Fsp3) is 0.235. The molecule has 0 spiro atoms. The summed E-state index contributed by atoms with van der Waals surface area (Å²) in [7, 11) is 0. The largest absolute Gasteiger partial charge is 0.387 e. The summed E-state index contributed by atoms with van der Waals surface area (Å²) < 4.78 is 14.0. The first-order chi connectivity index (χ1) is 10.7. The third-order valence-electron chi connectivity index (χ3n) is 3.69. The lowest BCUT2D eigenvalue weighted by Gasteiger charge is -2.27. The summed E-state index contributed by atoms with van der Waals surface area (Å²) in [6.07, 6.45) is -0.780. The topological polar surface area (TPSA) is 40.5 Å². The number of benzene rings is 2. The van der Waals surface area contributed by atoms with Crippen LogP contribution in [-0.4, -0.2) is 28.2 Å². The van der Waals surface area contributed by atoms with Crippen molar-refractivity contribution < 1.29 is 14.3 Å². The van der Waals surface area contributed by atoms with Gasteiger partial charge in [-0.05, 0) is 11.6 Å². The summed E-state index contributed by atoms with van der Waals surface area (Å²) in [5.41, 5.74) is 1.23. The van der Waals surface area contributed by atoms with Gasteiger partial charge in [-0.3, -0.25) is 4.79 Å². The molecule has 1 amide bonds. The summed E-state index contributed by atoms with van der Waals surface area (Å²) in [6, 6.07) is 15.7. The molecule has 3 rings (SSSR count). The lowest BCUT2D eigenvalue weighted by Crippen LogP contribution is -2.32. The van der Waals surface area contributed by atoms with E-state index in [9.17, 15) is 14.3 Å². The molecule has 3 nitrogen and oxygen atoms in total. The summed E-state index contributed by atoms with van der Waals surface area (Å²) in [5, 5.41) is 9.95. The number of aliphatic hydroxyl groups is 1. The average molecular weight is 317 g/mol. The van der Waals surface area contributed by atoms with E-state index in [0.717, 1.165) is 5.56 Å². The minimum Gasteiger partial charge on any atom is -0.387 e. The Kier molecular flexibility index (Phi) is 4.45. The Bertz CT molecular complexity index is 665. The number of rotatable bonds is 4. The minimum atomic E-state index is -0.780. The number of halogens is 1. The molecule has 0 aliphatic carbocycles. The molecule has 2 aromatic rings. The number of carbonyl (C=O) groups is 1. The number of nitrogens with zero attached hydrogens (tertiary/aromatic N) is 1. The molecule has 5 heteroatoms. The van der Waals surface area contributed by atoms with Gasteiger partial charge in [0.05, 0.1) is 18.4 Å². The molecule has 1 heterocycles. The first kappa shape index (κ1) is 15.1. The molecule has 1 fully saturated rings. The highest BCUT2D eigenvalue weighted by Gasteiger charge is 2.35. The molecular formula is C17H16FNO2S. The Balaban J connectivity index is 1.81. The molecular weight excluding hydrogens is 301 g/mol. The Morgan fingerprint density at radius 3 is 2.59 bits per heavy atom. The average Bonchev–Trinajstić information content (AvgIpc) is 2.90. The molecule has 1 aliphatic rings. The van der Waals surface area contributed by atoms with Gasteiger partial charge in [0.2, 0.25) is 5.91 Å². The summed E-state index contributed by atoms with van der Waals surface area (Å²) in [4.78, 5) is 13.7. The van der Waals surface area contributed by atoms with Crippen LogP contribution in [-0.2, 0) is 4.79 Å². The Morgan fingerprint density at radius 2 is 1.86 bits per heavy atom. The normalized spacial score (nSPS) is 19.5. The van der Waals surface area contributed by atoms with Gasteiger partial charge >= 0.3 is 0 Å². The number of aliphatic hydroxyl groups excluding tert-OH is 1. The maximum atomic E-state index is 14.0. The van der Waals surface area contributed by atoms with Crippen molar-refractivity contribution in [3.05, 3.63) is 71.5 Å². The standard InChI is InChI=1S/C17H16FNO2S/c18-14-9-5-4-8-13(14)17-19(16(21)11-22-17)10-15(20)12-6-2-1-3-7-12/h1-9,15,17,20H,10-11H2/t15-,17+/m0/s1. The SMILES string of the molecule is O=C1CS[C@H](c2ccccc2F)N1C[C@H](O)c1ccccc1. The predicted octanol–water partition coefficient (Wildman–Crippen LogP) is 3.13. The first-order valence-corrected chi connectivity index (χ1v) is 8.10. The van der Waals surface area contributed by atoms with Gasteiger partial charge in [-0.2, -0.15) is 0 Å². The number of amides is 1. The molecule has 2 atom stereocenters. The Morgan fingerprint density at radius 1 is 1.18 bits per heavy atom. The van der Waals surface area contributed by atoms with Crippen molar-refractivity contribution in [3.8, 4) is 0 Å². The second-order valence-electron chi connectivity index (χ2n) is 5.16. The fourth-order valence-electron chi connectivity index (χ4n) is 2.55. The molecule has 2 aromatic carbocycles. The van der Waals surface area contributed by atoms with Crippen molar-refractivity contribution in [3.63, 3.8) is 0 Å². The molecule has 114 valence electrons. The van der Waals surface area contributed by atoms with E-state index in [1.807, 2.05) is 30.3 Å². The van der Waals surface area contributed by atoms with Crippen molar-refractivity contribution >= 4 is 17.7 Å². The van der Waals surface area contributed by atoms with Crippen LogP contribution in [0.15, 0.2) is 54.6 Å². The summed E-state index contributed by atoms with van der Waals surface area (Å²) >= 11 is 1.39. The van der Waals surface area contributed by atoms with Crippen molar-refractivity contribution in [1.82, 2.24) is 4.90 Å². The maximum Gasteiger partial charge on any atom is 0.233 e. The molecule has 1 saturated heterocycles. The number of thioether (sulfide) groups is 1. The van der Waals surface area contributed by atoms with Crippen molar-refractivity contribution in [2.45, 2.75) is 11.5 Å². The van der Waals surface area contributed by atoms with Crippen LogP contribution in [0.1, 0.15) is 22.6 Å². The van der Waals surface area contributed by atoms with Gasteiger partial charge < -0.3 is 10.0 Å². The number of hydrogen-bond donors (Lipinski definition) is 1. The van der Waals surface area contributed by atoms with Gasteiger partial charge in [0.1, 0.15) is 11.2 Å². The van der Waals surface area contributed by atoms with Crippen molar-refractivity contribution in [1.29, 1.82) is 0 Å². The second-order valence-corrected chi connectivity index (χ2v) is 6.23. The van der Waals surface area contributed by atoms with Crippen LogP contribution in [0.4, 0.5) is 4.39 Å². The van der Waals surface area contributed by atoms with Gasteiger partial charge in [0, 0.05) is 5.56 Å². The highest BCUT2D eigenvalue weighted by molar-refractivity contribution is 8.00. The maximum absolute atomic E-state index is 14.0. The van der Waals surface area contributed by atoms with E-state index >= 15 is 0 Å². The molecule has 22 heavy (non-hydrogen) atoms. The molecule has 0 saturated carbocycles. The molecule has 0 bridgehead atoms. The predicted molar refractivity (Wildman–Crippen MR) is 84.7 cm³/mol. The van der Waals surface area contributed by atoms with Gasteiger partial charge in [0.15, 0.2) is 0 Å². The molecule has 1 aliphatic heterocycles. The number of carbonyl (C=O) groups excluding carboxylic acids is 1. The summed E-state index contributed by atoms with van der Waals surface area (Å²) in [5.74, 6) is -0.0947. The first-order valence-electron chi connectivity index (χ1n) is 7.05. The summed E-state index contributed by atoms with van der Waals surface area (Å²) in [6.45, 7) is 0.162. The lowest BCUT2D eigenvalue weighted by molar-refractivity contribution is -0.129. The lowest BCUT2D eigenvalue weighted by atomic mass is 10.1. The van der Waals surface area contributed by atoms with E-state index in [-0.39, 0.29) is 23.6 Å². The van der Waals surface area contributed by atoms with Gasteiger partial charge in [-0.1, -0.05) is 48.5 Å². The number of hydrogen-bond acceptors (Lipinski definition) is 3. The quantitative estimate of drug-likeness (QED) is 0.942. The smallest absolute Gasteiger partial charge is 0.233 e. The molecule has 0 radical (unpaired) electrons. The minimum absolute atomic E-state index is 0.0757. The van der Waals surface area contributed by atoms with Crippen LogP contribution in [0.25, 0.3) is 0 Å². The third kappa shape index (κ3) is 3.00. The van der Waals surface area contributed by atoms with E-state index in [2.05, 4.69) is 0 Å². The number of β-amino-alcohol motifs (C(OH)–C–C–N with tert-alkyl or cyclic N) is 1. The second kappa shape index (κ2) is 6.50. The molecule has 0 unspecified atom stereocenters. The zero-order valence-electron chi connectivity index (χ0n) is 11.9. The molecule has 1 N–H and O–H groups in total. The van der Waals surface area contributed by atoms with E-state index in [1.165, 1.54) is 17.8 Å². The zero-order chi connectivity index (χ0) is 15.5. The van der Waals surface area contributed by atoms with Crippen LogP contribution in [0, 0.1) is 5.82 Å². The van der Waals surface area contributed by atoms with E-state index in [0.29, 0.717) is 11.3 Å². The Hall–Kier alpha value is -1.85. The molecule has 0 aromatic heterocycles. The monoisotopic (exact) mass is 317 g/mol. The van der Waals surface area contributed by atoms with Crippen LogP contribution in [0.5, 0.6) is 0 Å². The van der Waals surface area contributed by atoms with Gasteiger partial charge in [0.25, 0.3) is 0 Å². The van der Waals surface area contributed by atoms with E-state index in [1.54, 1.807) is 23.1 Å². The van der Waals surface area contributed by atoms with E-state index < -0.39 is 6.10 Å². The zero-order valence-corrected chi connectivity index (χ0v) is 12.7. The third-order valence-corrected chi connectivity index (χ3v) is 4.93. The van der Waals surface area contributed by atoms with Gasteiger partial charge in [-0.15, -0.1) is 11.8 Å². The van der Waals surface area contributed by atoms with Crippen LogP contribution in [0.2, 0.25) is 0 Å². The van der Waals surface area contributed by atoms with Crippen molar-refractivity contribution in [2.75, 3.05) is 12.3 Å². The van der Waals surface area contributed by atoms with Crippen LogP contribution >= 0.6 is 11.8 Å². The van der Waals surface area contributed by atoms with Gasteiger partial charge in [-0.25, -0.2) is 4.39 Å². The highest BCUT2D eigenvalue weighted by Crippen LogP contribution is 2.40. The van der Waals surface area contributed by atoms with E-state index in [4.69, 9.17) is 0 Å². The van der Waals surface area contributed by atoms with Crippen molar-refractivity contribution in [2.24, 2.45) is 0 Å². The fourth-order valence-corrected chi connectivity index (χ4v) is 3.77. The van der Waals surface area contributed by atoms with Crippen LogP contribution < -0.4 is 0 Å². The van der Waals surface area contributed by atoms with Crippen LogP contribution in [0.3, 0.4) is 0 Å². The highest BCUT2D eigenvalue weighted by atomic mass is 32.2. The Labute approximate surface area is 132 Å².